The molecule has 1 aromatic carbocycles. The van der Waals surface area contributed by atoms with E-state index in [1.165, 1.54) is 16.7 Å². The van der Waals surface area contributed by atoms with Crippen LogP contribution in [0.1, 0.15) is 27.2 Å². The molecule has 0 aliphatic carbocycles. The molecule has 9 heteroatoms. The Kier molecular flexibility index (Phi) is 7.43. The summed E-state index contributed by atoms with van der Waals surface area (Å²) in [4.78, 5) is 29.3. The third-order valence-corrected chi connectivity index (χ3v) is 6.14. The molecule has 3 rings (SSSR count). The summed E-state index contributed by atoms with van der Waals surface area (Å²) in [6.07, 6.45) is -0.350. The predicted octanol–water partition coefficient (Wildman–Crippen LogP) is -1.88. The molecule has 7 nitrogen and oxygen atoms in total. The van der Waals surface area contributed by atoms with Crippen LogP contribution in [0.5, 0.6) is 5.75 Å². The van der Waals surface area contributed by atoms with Crippen LogP contribution in [-0.4, -0.2) is 56.1 Å². The second-order valence-electron chi connectivity index (χ2n) is 6.84. The van der Waals surface area contributed by atoms with E-state index in [4.69, 9.17) is 4.74 Å². The number of fused-ring (bicyclic) bond motifs is 1. The number of aliphatic imine (C=N–C) groups is 1. The van der Waals surface area contributed by atoms with E-state index in [1.54, 1.807) is 38.1 Å². The first-order valence-electron chi connectivity index (χ1n) is 8.45. The molecular formula is C18H21KN2O5S. The number of para-hydroxylation sites is 1. The molecule has 2 aliphatic rings. The van der Waals surface area contributed by atoms with Crippen molar-refractivity contribution in [1.29, 1.82) is 0 Å². The number of benzene rings is 1. The van der Waals surface area contributed by atoms with Crippen LogP contribution < -0.4 is 61.2 Å². The number of rotatable bonds is 6. The van der Waals surface area contributed by atoms with Gasteiger partial charge in [-0.3, -0.25) is 9.79 Å². The molecule has 0 aromatic heterocycles. The summed E-state index contributed by atoms with van der Waals surface area (Å²) in [6, 6.07) is 7.21. The van der Waals surface area contributed by atoms with Crippen LogP contribution >= 0.6 is 11.8 Å². The van der Waals surface area contributed by atoms with E-state index >= 15 is 0 Å². The largest absolute Gasteiger partial charge is 1.00 e. The molecule has 2 unspecified atom stereocenters. The van der Waals surface area contributed by atoms with Crippen LogP contribution in [0.2, 0.25) is 0 Å². The molecule has 140 valence electrons. The van der Waals surface area contributed by atoms with Crippen molar-refractivity contribution in [3.05, 3.63) is 30.3 Å². The summed E-state index contributed by atoms with van der Waals surface area (Å²) >= 11 is 1.37. The fourth-order valence-electron chi connectivity index (χ4n) is 3.30. The quantitative estimate of drug-likeness (QED) is 0.252. The Balaban J connectivity index is 0.00000261. The Bertz CT molecular complexity index is 743. The van der Waals surface area contributed by atoms with Crippen LogP contribution in [0.25, 0.3) is 0 Å². The number of ether oxygens (including phenoxy) is 1. The number of nitrogens with zero attached hydrogens (tertiary/aromatic N) is 2. The van der Waals surface area contributed by atoms with Gasteiger partial charge in [0.25, 0.3) is 5.91 Å². The fraction of sp³-hybridized carbons (Fsp3) is 0.500. The summed E-state index contributed by atoms with van der Waals surface area (Å²) in [5.74, 6) is -1.39. The third kappa shape index (κ3) is 4.38. The summed E-state index contributed by atoms with van der Waals surface area (Å²) in [5.41, 5.74) is 0. The average Bonchev–Trinajstić information content (AvgIpc) is 2.86. The fourth-order valence-corrected chi connectivity index (χ4v) is 4.91. The van der Waals surface area contributed by atoms with Crippen molar-refractivity contribution >= 4 is 29.5 Å². The standard InChI is InChI=1S/C18H22N2O5S.K/c1-4-11(25-10-8-6-5-7-9-10)14(21)19-12-15(22)20-13(17(23)24)18(2,3)26-16(12)20;/h5-9,11-13,16H,4H2,1-3H3,(H,19,21)(H,23,24);/q;+1/p-1/t11?,12?,13-,16+;/m0./s1. The van der Waals surface area contributed by atoms with E-state index in [0.29, 0.717) is 12.2 Å². The molecule has 1 aromatic rings. The van der Waals surface area contributed by atoms with Gasteiger partial charge in [-0.15, -0.1) is 11.8 Å². The SMILES string of the molecule is CCC(Oc1ccccc1)C([O-])=NC1C(=O)N2[C@@H]1SC(C)(C)[C@@H]2C(=O)O.[K+]. The number of carbonyl (C=O) groups excluding carboxylic acids is 1. The molecular weight excluding hydrogens is 395 g/mol. The second kappa shape index (κ2) is 8.83. The van der Waals surface area contributed by atoms with E-state index in [0.717, 1.165) is 0 Å². The minimum Gasteiger partial charge on any atom is -0.859 e. The Morgan fingerprint density at radius 1 is 1.41 bits per heavy atom. The number of hydrogen-bond donors (Lipinski definition) is 1. The first-order chi connectivity index (χ1) is 12.3. The number of carboxylic acid groups (broad SMARTS) is 1. The molecule has 0 saturated carbocycles. The van der Waals surface area contributed by atoms with Crippen molar-refractivity contribution in [2.75, 3.05) is 0 Å². The molecule has 2 saturated heterocycles. The summed E-state index contributed by atoms with van der Waals surface area (Å²) in [6.45, 7) is 5.38. The van der Waals surface area contributed by atoms with Gasteiger partial charge in [-0.2, -0.15) is 0 Å². The topological polar surface area (TPSA) is 102 Å². The van der Waals surface area contributed by atoms with Crippen molar-refractivity contribution in [2.45, 2.75) is 55.5 Å². The smallest absolute Gasteiger partial charge is 0.859 e. The third-order valence-electron chi connectivity index (χ3n) is 4.58. The van der Waals surface area contributed by atoms with Gasteiger partial charge in [-0.05, 0) is 32.4 Å². The van der Waals surface area contributed by atoms with E-state index in [-0.39, 0.29) is 51.4 Å². The first kappa shape index (κ1) is 22.7. The Hall–Kier alpha value is -0.584. The van der Waals surface area contributed by atoms with Gasteiger partial charge in [0.15, 0.2) is 6.04 Å². The van der Waals surface area contributed by atoms with Gasteiger partial charge in [0.1, 0.15) is 23.3 Å². The number of β-lactam (4-membered cyclic amide) rings is 1. The number of hydrogen-bond acceptors (Lipinski definition) is 6. The Labute approximate surface area is 205 Å². The van der Waals surface area contributed by atoms with Crippen LogP contribution in [-0.2, 0) is 9.59 Å². The van der Waals surface area contributed by atoms with E-state index in [9.17, 15) is 19.8 Å². The van der Waals surface area contributed by atoms with Crippen molar-refractivity contribution < 1.29 is 75.9 Å². The first-order valence-corrected chi connectivity index (χ1v) is 9.33. The Morgan fingerprint density at radius 3 is 2.59 bits per heavy atom. The Morgan fingerprint density at radius 2 is 2.04 bits per heavy atom. The molecule has 0 spiro atoms. The molecule has 1 N–H and O–H groups in total. The summed E-state index contributed by atoms with van der Waals surface area (Å²) < 4.78 is 5.04. The van der Waals surface area contributed by atoms with Crippen molar-refractivity contribution in [1.82, 2.24) is 4.90 Å². The van der Waals surface area contributed by atoms with E-state index in [1.807, 2.05) is 13.0 Å². The maximum absolute atomic E-state index is 12.5. The second-order valence-corrected chi connectivity index (χ2v) is 8.61. The number of amides is 1. The minimum atomic E-state index is -1.04. The molecule has 2 aliphatic heterocycles. The van der Waals surface area contributed by atoms with Crippen molar-refractivity contribution in [3.8, 4) is 5.75 Å². The van der Waals surface area contributed by atoms with Crippen molar-refractivity contribution in [2.24, 2.45) is 4.99 Å². The zero-order valence-electron chi connectivity index (χ0n) is 15.8. The normalized spacial score (nSPS) is 27.2. The molecule has 0 bridgehead atoms. The molecule has 2 heterocycles. The average molecular weight is 417 g/mol. The molecule has 1 amide bonds. The number of thioether (sulfide) groups is 1. The number of carboxylic acids is 1. The number of aliphatic carboxylic acids is 1. The van der Waals surface area contributed by atoms with Crippen molar-refractivity contribution in [3.63, 3.8) is 0 Å². The summed E-state index contributed by atoms with van der Waals surface area (Å²) in [5, 5.41) is 21.5. The van der Waals surface area contributed by atoms with Crippen LogP contribution in [0.15, 0.2) is 35.3 Å². The van der Waals surface area contributed by atoms with E-state index in [2.05, 4.69) is 4.99 Å². The van der Waals surface area contributed by atoms with Gasteiger partial charge in [-0.1, -0.05) is 25.1 Å². The van der Waals surface area contributed by atoms with Crippen LogP contribution in [0, 0.1) is 0 Å². The maximum atomic E-state index is 12.5. The zero-order chi connectivity index (χ0) is 19.1. The molecule has 4 atom stereocenters. The van der Waals surface area contributed by atoms with Gasteiger partial charge in [-0.25, -0.2) is 4.79 Å². The molecule has 2 fully saturated rings. The summed E-state index contributed by atoms with van der Waals surface area (Å²) in [7, 11) is 0. The van der Waals surface area contributed by atoms with Gasteiger partial charge < -0.3 is 19.8 Å². The monoisotopic (exact) mass is 416 g/mol. The van der Waals surface area contributed by atoms with Gasteiger partial charge >= 0.3 is 57.4 Å². The van der Waals surface area contributed by atoms with Gasteiger partial charge in [0.05, 0.1) is 0 Å². The molecule has 27 heavy (non-hydrogen) atoms. The minimum absolute atomic E-state index is 0. The zero-order valence-corrected chi connectivity index (χ0v) is 19.7. The maximum Gasteiger partial charge on any atom is 1.00 e. The predicted molar refractivity (Wildman–Crippen MR) is 96.1 cm³/mol. The van der Waals surface area contributed by atoms with Gasteiger partial charge in [0.2, 0.25) is 0 Å². The van der Waals surface area contributed by atoms with Crippen LogP contribution in [0.4, 0.5) is 0 Å². The number of carbonyl (C=O) groups is 2. The van der Waals surface area contributed by atoms with E-state index < -0.39 is 46.1 Å². The molecule has 0 radical (unpaired) electrons. The van der Waals surface area contributed by atoms with Gasteiger partial charge in [0, 0.05) is 10.6 Å². The van der Waals surface area contributed by atoms with Crippen LogP contribution in [0.3, 0.4) is 0 Å².